The average Bonchev–Trinajstić information content (AvgIpc) is 2.99. The van der Waals surface area contributed by atoms with Gasteiger partial charge in [0, 0.05) is 12.6 Å². The maximum absolute atomic E-state index is 10.8. The molecule has 0 bridgehead atoms. The molecule has 4 N–H and O–H groups in total. The number of rotatable bonds is 4. The molecular weight excluding hydrogens is 180 g/mol. The second-order valence-corrected chi connectivity index (χ2v) is 3.51. The summed E-state index contributed by atoms with van der Waals surface area (Å²) in [6.45, 7) is 0.926. The molecule has 1 aromatic rings. The Morgan fingerprint density at radius 1 is 1.71 bits per heavy atom. The van der Waals surface area contributed by atoms with Crippen LogP contribution >= 0.6 is 0 Å². The summed E-state index contributed by atoms with van der Waals surface area (Å²) in [6.07, 6.45) is 4.23. The lowest BCUT2D eigenvalue weighted by Crippen LogP contribution is -2.25. The van der Waals surface area contributed by atoms with Gasteiger partial charge in [-0.2, -0.15) is 0 Å². The smallest absolute Gasteiger partial charge is 0.359 e. The fourth-order valence-electron chi connectivity index (χ4n) is 1.19. The van der Waals surface area contributed by atoms with Gasteiger partial charge < -0.3 is 11.1 Å². The first-order valence-corrected chi connectivity index (χ1v) is 4.68. The number of nitrogens with one attached hydrogen (secondary N) is 2. The van der Waals surface area contributed by atoms with Crippen LogP contribution in [0.3, 0.4) is 0 Å². The number of hydrogen-bond acceptors (Lipinski definition) is 3. The molecule has 1 amide bonds. The number of hydrogen-bond donors (Lipinski definition) is 2. The molecule has 0 aromatic carbocycles. The SMILES string of the molecule is NC(=O)c1nc(NCC2CC2)cc[nH+]1. The molecule has 74 valence electrons. The van der Waals surface area contributed by atoms with Gasteiger partial charge in [-0.05, 0) is 23.7 Å². The molecule has 0 atom stereocenters. The Morgan fingerprint density at radius 2 is 2.50 bits per heavy atom. The highest BCUT2D eigenvalue weighted by Crippen LogP contribution is 2.28. The van der Waals surface area contributed by atoms with Gasteiger partial charge in [0.1, 0.15) is 0 Å². The van der Waals surface area contributed by atoms with Gasteiger partial charge in [-0.3, -0.25) is 4.79 Å². The molecule has 1 fully saturated rings. The zero-order valence-electron chi connectivity index (χ0n) is 7.79. The van der Waals surface area contributed by atoms with Crippen LogP contribution in [0.4, 0.5) is 5.82 Å². The third kappa shape index (κ3) is 2.18. The molecule has 0 radical (unpaired) electrons. The summed E-state index contributed by atoms with van der Waals surface area (Å²) in [4.78, 5) is 17.5. The number of H-pyrrole nitrogens is 1. The van der Waals surface area contributed by atoms with Gasteiger partial charge in [0.05, 0.1) is 6.20 Å². The molecule has 0 spiro atoms. The highest BCUT2D eigenvalue weighted by Gasteiger charge is 2.22. The van der Waals surface area contributed by atoms with E-state index in [-0.39, 0.29) is 5.82 Å². The zero-order chi connectivity index (χ0) is 9.97. The molecule has 5 heteroatoms. The summed E-state index contributed by atoms with van der Waals surface area (Å²) in [7, 11) is 0. The number of amides is 1. The molecule has 0 unspecified atom stereocenters. The van der Waals surface area contributed by atoms with Gasteiger partial charge >= 0.3 is 11.7 Å². The second kappa shape index (κ2) is 3.61. The Bertz CT molecular complexity index is 348. The van der Waals surface area contributed by atoms with Crippen molar-refractivity contribution in [1.82, 2.24) is 4.98 Å². The van der Waals surface area contributed by atoms with E-state index >= 15 is 0 Å². The van der Waals surface area contributed by atoms with Gasteiger partial charge in [0.2, 0.25) is 5.82 Å². The first kappa shape index (κ1) is 8.93. The number of aromatic amines is 1. The molecule has 2 rings (SSSR count). The summed E-state index contributed by atoms with van der Waals surface area (Å²) in [5.74, 6) is 1.12. The van der Waals surface area contributed by atoms with Gasteiger partial charge in [0.25, 0.3) is 0 Å². The second-order valence-electron chi connectivity index (χ2n) is 3.51. The Morgan fingerprint density at radius 3 is 3.14 bits per heavy atom. The van der Waals surface area contributed by atoms with Crippen LogP contribution in [0.25, 0.3) is 0 Å². The molecule has 1 aromatic heterocycles. The Balaban J connectivity index is 2.01. The van der Waals surface area contributed by atoms with Crippen LogP contribution in [0.1, 0.15) is 23.5 Å². The number of nitrogens with zero attached hydrogens (tertiary/aromatic N) is 1. The first-order chi connectivity index (χ1) is 6.75. The number of carbonyl (C=O) groups excluding carboxylic acids is 1. The number of anilines is 1. The van der Waals surface area contributed by atoms with Crippen molar-refractivity contribution >= 4 is 11.7 Å². The van der Waals surface area contributed by atoms with Gasteiger partial charge in [-0.1, -0.05) is 0 Å². The number of nitrogens with two attached hydrogens (primary N) is 1. The molecule has 14 heavy (non-hydrogen) atoms. The Hall–Kier alpha value is -1.65. The minimum Gasteiger partial charge on any atom is -0.359 e. The van der Waals surface area contributed by atoms with Crippen molar-refractivity contribution in [3.63, 3.8) is 0 Å². The predicted octanol–water partition coefficient (Wildman–Crippen LogP) is -0.184. The van der Waals surface area contributed by atoms with Crippen LogP contribution in [0.2, 0.25) is 0 Å². The number of primary amides is 1. The summed E-state index contributed by atoms with van der Waals surface area (Å²) in [5.41, 5.74) is 5.09. The fraction of sp³-hybridized carbons (Fsp3) is 0.444. The topological polar surface area (TPSA) is 82.2 Å². The lowest BCUT2D eigenvalue weighted by Gasteiger charge is -1.98. The summed E-state index contributed by atoms with van der Waals surface area (Å²) in [5, 5.41) is 3.16. The molecular formula is C9H13N4O+. The fourth-order valence-corrected chi connectivity index (χ4v) is 1.19. The predicted molar refractivity (Wildman–Crippen MR) is 50.5 cm³/mol. The van der Waals surface area contributed by atoms with Crippen molar-refractivity contribution in [3.8, 4) is 0 Å². The summed E-state index contributed by atoms with van der Waals surface area (Å²) in [6, 6.07) is 1.79. The normalized spacial score (nSPS) is 15.1. The van der Waals surface area contributed by atoms with Crippen LogP contribution < -0.4 is 16.0 Å². The quantitative estimate of drug-likeness (QED) is 0.695. The van der Waals surface area contributed by atoms with Crippen molar-refractivity contribution in [1.29, 1.82) is 0 Å². The molecule has 0 aliphatic heterocycles. The van der Waals surface area contributed by atoms with E-state index in [0.29, 0.717) is 5.82 Å². The Labute approximate surface area is 81.7 Å². The van der Waals surface area contributed by atoms with E-state index in [1.54, 1.807) is 12.3 Å². The maximum Gasteiger partial charge on any atom is 0.388 e. The minimum absolute atomic E-state index is 0.186. The van der Waals surface area contributed by atoms with Crippen LogP contribution in [0.15, 0.2) is 12.3 Å². The maximum atomic E-state index is 10.8. The highest BCUT2D eigenvalue weighted by atomic mass is 16.1. The molecule has 1 aliphatic rings. The van der Waals surface area contributed by atoms with E-state index in [1.807, 2.05) is 0 Å². The first-order valence-electron chi connectivity index (χ1n) is 4.68. The molecule has 1 heterocycles. The Kier molecular flexibility index (Phi) is 2.30. The van der Waals surface area contributed by atoms with Crippen molar-refractivity contribution in [2.45, 2.75) is 12.8 Å². The van der Waals surface area contributed by atoms with Crippen LogP contribution in [-0.2, 0) is 0 Å². The van der Waals surface area contributed by atoms with Gasteiger partial charge in [-0.25, -0.2) is 4.98 Å². The van der Waals surface area contributed by atoms with Crippen molar-refractivity contribution in [3.05, 3.63) is 18.1 Å². The van der Waals surface area contributed by atoms with Crippen molar-refractivity contribution < 1.29 is 9.78 Å². The van der Waals surface area contributed by atoms with E-state index in [1.165, 1.54) is 12.8 Å². The third-order valence-electron chi connectivity index (χ3n) is 2.20. The van der Waals surface area contributed by atoms with Crippen molar-refractivity contribution in [2.24, 2.45) is 11.7 Å². The third-order valence-corrected chi connectivity index (χ3v) is 2.20. The molecule has 0 saturated heterocycles. The minimum atomic E-state index is -0.542. The van der Waals surface area contributed by atoms with E-state index in [9.17, 15) is 4.79 Å². The van der Waals surface area contributed by atoms with E-state index in [2.05, 4.69) is 15.3 Å². The van der Waals surface area contributed by atoms with Gasteiger partial charge in [-0.15, -0.1) is 0 Å². The largest absolute Gasteiger partial charge is 0.388 e. The van der Waals surface area contributed by atoms with E-state index < -0.39 is 5.91 Å². The summed E-state index contributed by atoms with van der Waals surface area (Å²) < 4.78 is 0. The van der Waals surface area contributed by atoms with E-state index in [0.717, 1.165) is 12.5 Å². The standard InChI is InChI=1S/C9H12N4O/c10-8(14)9-11-4-3-7(13-9)12-5-6-1-2-6/h3-4,6H,1-2,5H2,(H2,10,14)(H,11,12,13)/p+1. The average molecular weight is 193 g/mol. The molecule has 1 aliphatic carbocycles. The lowest BCUT2D eigenvalue weighted by molar-refractivity contribution is -0.386. The van der Waals surface area contributed by atoms with Crippen LogP contribution in [0.5, 0.6) is 0 Å². The van der Waals surface area contributed by atoms with Crippen LogP contribution in [-0.4, -0.2) is 17.4 Å². The summed E-state index contributed by atoms with van der Waals surface area (Å²) >= 11 is 0. The molecule has 5 nitrogen and oxygen atoms in total. The van der Waals surface area contributed by atoms with Crippen LogP contribution in [0, 0.1) is 5.92 Å². The van der Waals surface area contributed by atoms with Gasteiger partial charge in [0.15, 0.2) is 0 Å². The lowest BCUT2D eigenvalue weighted by atomic mass is 10.4. The van der Waals surface area contributed by atoms with E-state index in [4.69, 9.17) is 5.73 Å². The van der Waals surface area contributed by atoms with Crippen molar-refractivity contribution in [2.75, 3.05) is 11.9 Å². The number of carbonyl (C=O) groups is 1. The zero-order valence-corrected chi connectivity index (χ0v) is 7.79. The molecule has 1 saturated carbocycles. The monoisotopic (exact) mass is 193 g/mol. The number of aromatic nitrogens is 2. The highest BCUT2D eigenvalue weighted by molar-refractivity contribution is 5.87.